The van der Waals surface area contributed by atoms with Gasteiger partial charge in [0.05, 0.1) is 12.0 Å². The Balaban J connectivity index is 2.03. The van der Waals surface area contributed by atoms with E-state index < -0.39 is 0 Å². The predicted octanol–water partition coefficient (Wildman–Crippen LogP) is 3.13. The van der Waals surface area contributed by atoms with E-state index in [4.69, 9.17) is 4.74 Å². The summed E-state index contributed by atoms with van der Waals surface area (Å²) in [6.07, 6.45) is 3.72. The second-order valence-corrected chi connectivity index (χ2v) is 5.67. The Bertz CT molecular complexity index is 543. The Hall–Kier alpha value is -1.59. The lowest BCUT2D eigenvalue weighted by Gasteiger charge is -2.08. The molecule has 2 aromatic rings. The zero-order valence-electron chi connectivity index (χ0n) is 12.0. The molecule has 1 aromatic carbocycles. The molecule has 1 heterocycles. The van der Waals surface area contributed by atoms with Crippen LogP contribution in [0.2, 0.25) is 0 Å². The van der Waals surface area contributed by atoms with Crippen molar-refractivity contribution in [3.8, 4) is 5.75 Å². The third kappa shape index (κ3) is 4.21. The minimum Gasteiger partial charge on any atom is -0.496 e. The predicted molar refractivity (Wildman–Crippen MR) is 81.1 cm³/mol. The van der Waals surface area contributed by atoms with Crippen LogP contribution < -0.4 is 10.1 Å². The molecule has 0 unspecified atom stereocenters. The topological polar surface area (TPSA) is 47.0 Å². The Kier molecular flexibility index (Phi) is 5.38. The summed E-state index contributed by atoms with van der Waals surface area (Å²) in [4.78, 5) is 9.78. The van der Waals surface area contributed by atoms with E-state index in [1.807, 2.05) is 36.7 Å². The molecule has 0 aliphatic carbocycles. The van der Waals surface area contributed by atoms with Crippen molar-refractivity contribution in [2.45, 2.75) is 36.5 Å². The van der Waals surface area contributed by atoms with Gasteiger partial charge in [-0.25, -0.2) is 9.97 Å². The highest BCUT2D eigenvalue weighted by Gasteiger charge is 2.06. The Morgan fingerprint density at radius 1 is 1.20 bits per heavy atom. The molecule has 0 spiro atoms. The summed E-state index contributed by atoms with van der Waals surface area (Å²) in [5.74, 6) is 0.839. The van der Waals surface area contributed by atoms with Crippen molar-refractivity contribution in [1.82, 2.24) is 15.3 Å². The van der Waals surface area contributed by atoms with Crippen molar-refractivity contribution in [2.75, 3.05) is 7.11 Å². The van der Waals surface area contributed by atoms with Crippen LogP contribution in [0.3, 0.4) is 0 Å². The molecule has 0 aliphatic heterocycles. The normalized spacial score (nSPS) is 10.8. The number of nitrogens with zero attached hydrogens (tertiary/aromatic N) is 2. The average molecular weight is 289 g/mol. The number of ether oxygens (including phenoxy) is 1. The molecule has 0 fully saturated rings. The van der Waals surface area contributed by atoms with Gasteiger partial charge in [0.15, 0.2) is 5.16 Å². The molecule has 1 aromatic heterocycles. The van der Waals surface area contributed by atoms with Gasteiger partial charge in [0.25, 0.3) is 0 Å². The summed E-state index contributed by atoms with van der Waals surface area (Å²) >= 11 is 1.50. The Morgan fingerprint density at radius 2 is 1.90 bits per heavy atom. The molecular formula is C15H19N3OS. The fraction of sp³-hybridized carbons (Fsp3) is 0.333. The number of para-hydroxylation sites is 1. The molecule has 20 heavy (non-hydrogen) atoms. The van der Waals surface area contributed by atoms with Crippen LogP contribution >= 0.6 is 11.8 Å². The number of nitrogens with one attached hydrogen (secondary N) is 1. The molecule has 1 N–H and O–H groups in total. The van der Waals surface area contributed by atoms with Gasteiger partial charge in [-0.05, 0) is 23.9 Å². The standard InChI is InChI=1S/C15H19N3OS/c1-11(2)16-8-12-9-17-15(18-10-12)20-14-7-5-4-6-13(14)19-3/h4-7,9-11,16H,8H2,1-3H3. The molecule has 0 atom stereocenters. The van der Waals surface area contributed by atoms with Crippen molar-refractivity contribution in [3.05, 3.63) is 42.2 Å². The van der Waals surface area contributed by atoms with Gasteiger partial charge in [0.2, 0.25) is 0 Å². The largest absolute Gasteiger partial charge is 0.496 e. The first-order valence-corrected chi connectivity index (χ1v) is 7.36. The Morgan fingerprint density at radius 3 is 2.55 bits per heavy atom. The molecule has 0 saturated carbocycles. The number of hydrogen-bond donors (Lipinski definition) is 1. The molecule has 0 radical (unpaired) electrons. The van der Waals surface area contributed by atoms with E-state index in [2.05, 4.69) is 29.1 Å². The van der Waals surface area contributed by atoms with E-state index >= 15 is 0 Å². The lowest BCUT2D eigenvalue weighted by atomic mass is 10.3. The summed E-state index contributed by atoms with van der Waals surface area (Å²) in [6, 6.07) is 8.32. The fourth-order valence-corrected chi connectivity index (χ4v) is 2.42. The lowest BCUT2D eigenvalue weighted by Crippen LogP contribution is -2.21. The van der Waals surface area contributed by atoms with Gasteiger partial charge in [-0.3, -0.25) is 0 Å². The first-order chi connectivity index (χ1) is 9.69. The Labute approximate surface area is 124 Å². The highest BCUT2D eigenvalue weighted by Crippen LogP contribution is 2.32. The third-order valence-corrected chi connectivity index (χ3v) is 3.62. The van der Waals surface area contributed by atoms with Crippen molar-refractivity contribution < 1.29 is 4.74 Å². The fourth-order valence-electron chi connectivity index (χ4n) is 1.61. The van der Waals surface area contributed by atoms with Crippen LogP contribution in [0.1, 0.15) is 19.4 Å². The highest BCUT2D eigenvalue weighted by molar-refractivity contribution is 7.99. The van der Waals surface area contributed by atoms with E-state index in [0.717, 1.165) is 27.9 Å². The maximum absolute atomic E-state index is 5.32. The van der Waals surface area contributed by atoms with Gasteiger partial charge < -0.3 is 10.1 Å². The molecule has 2 rings (SSSR count). The van der Waals surface area contributed by atoms with Crippen molar-refractivity contribution in [3.63, 3.8) is 0 Å². The number of rotatable bonds is 6. The molecule has 0 amide bonds. The minimum absolute atomic E-state index is 0.456. The summed E-state index contributed by atoms with van der Waals surface area (Å²) in [6.45, 7) is 5.02. The SMILES string of the molecule is COc1ccccc1Sc1ncc(CNC(C)C)cn1. The summed E-state index contributed by atoms with van der Waals surface area (Å²) in [5, 5.41) is 4.07. The lowest BCUT2D eigenvalue weighted by molar-refractivity contribution is 0.405. The highest BCUT2D eigenvalue weighted by atomic mass is 32.2. The molecular weight excluding hydrogens is 270 g/mol. The van der Waals surface area contributed by atoms with E-state index in [0.29, 0.717) is 6.04 Å². The minimum atomic E-state index is 0.456. The summed E-state index contributed by atoms with van der Waals surface area (Å²) < 4.78 is 5.32. The van der Waals surface area contributed by atoms with Gasteiger partial charge >= 0.3 is 0 Å². The van der Waals surface area contributed by atoms with Crippen LogP contribution in [0.25, 0.3) is 0 Å². The molecule has 106 valence electrons. The van der Waals surface area contributed by atoms with E-state index in [9.17, 15) is 0 Å². The van der Waals surface area contributed by atoms with E-state index in [1.54, 1.807) is 7.11 Å². The van der Waals surface area contributed by atoms with Crippen LogP contribution in [-0.4, -0.2) is 23.1 Å². The maximum Gasteiger partial charge on any atom is 0.192 e. The van der Waals surface area contributed by atoms with Crippen LogP contribution in [-0.2, 0) is 6.54 Å². The van der Waals surface area contributed by atoms with Crippen LogP contribution in [0.15, 0.2) is 46.7 Å². The first-order valence-electron chi connectivity index (χ1n) is 6.54. The molecule has 0 aliphatic rings. The number of hydrogen-bond acceptors (Lipinski definition) is 5. The average Bonchev–Trinajstić information content (AvgIpc) is 2.47. The number of methoxy groups -OCH3 is 1. The quantitative estimate of drug-likeness (QED) is 0.828. The molecule has 4 nitrogen and oxygen atoms in total. The van der Waals surface area contributed by atoms with Crippen LogP contribution in [0.5, 0.6) is 5.75 Å². The zero-order chi connectivity index (χ0) is 14.4. The summed E-state index contributed by atoms with van der Waals surface area (Å²) in [7, 11) is 1.67. The monoisotopic (exact) mass is 289 g/mol. The molecule has 0 saturated heterocycles. The van der Waals surface area contributed by atoms with Gasteiger partial charge in [-0.1, -0.05) is 26.0 Å². The number of aromatic nitrogens is 2. The zero-order valence-corrected chi connectivity index (χ0v) is 12.8. The van der Waals surface area contributed by atoms with E-state index in [1.165, 1.54) is 11.8 Å². The first kappa shape index (κ1) is 14.8. The van der Waals surface area contributed by atoms with Gasteiger partial charge in [0.1, 0.15) is 5.75 Å². The number of benzene rings is 1. The van der Waals surface area contributed by atoms with Crippen LogP contribution in [0, 0.1) is 0 Å². The third-order valence-electron chi connectivity index (χ3n) is 2.67. The van der Waals surface area contributed by atoms with Crippen molar-refractivity contribution >= 4 is 11.8 Å². The van der Waals surface area contributed by atoms with Crippen molar-refractivity contribution in [1.29, 1.82) is 0 Å². The molecule has 5 heteroatoms. The smallest absolute Gasteiger partial charge is 0.192 e. The second-order valence-electron chi connectivity index (χ2n) is 4.66. The second kappa shape index (κ2) is 7.26. The molecule has 0 bridgehead atoms. The van der Waals surface area contributed by atoms with Crippen molar-refractivity contribution in [2.24, 2.45) is 0 Å². The van der Waals surface area contributed by atoms with Crippen LogP contribution in [0.4, 0.5) is 0 Å². The maximum atomic E-state index is 5.32. The van der Waals surface area contributed by atoms with E-state index in [-0.39, 0.29) is 0 Å². The van der Waals surface area contributed by atoms with Gasteiger partial charge in [-0.15, -0.1) is 0 Å². The van der Waals surface area contributed by atoms with Gasteiger partial charge in [0, 0.05) is 30.5 Å². The summed E-state index contributed by atoms with van der Waals surface area (Å²) in [5.41, 5.74) is 1.09. The van der Waals surface area contributed by atoms with Gasteiger partial charge in [-0.2, -0.15) is 0 Å².